The maximum Gasteiger partial charge on any atom is 0.416 e. The molecule has 0 unspecified atom stereocenters. The van der Waals surface area contributed by atoms with E-state index in [1.807, 2.05) is 4.90 Å². The Kier molecular flexibility index (Phi) is 5.88. The fourth-order valence-corrected chi connectivity index (χ4v) is 5.18. The number of rotatable bonds is 5. The van der Waals surface area contributed by atoms with Crippen LogP contribution in [0.25, 0.3) is 0 Å². The normalized spacial score (nSPS) is 16.2. The Hall–Kier alpha value is -2.18. The van der Waals surface area contributed by atoms with Crippen LogP contribution in [-0.4, -0.2) is 50.7 Å². The molecule has 1 aliphatic heterocycles. The van der Waals surface area contributed by atoms with Crippen LogP contribution in [0.3, 0.4) is 0 Å². The summed E-state index contributed by atoms with van der Waals surface area (Å²) in [7, 11) is -3.56. The first-order valence-electron chi connectivity index (χ1n) is 8.57. The summed E-state index contributed by atoms with van der Waals surface area (Å²) in [6, 6.07) is 6.22. The molecule has 1 aliphatic rings. The predicted octanol–water partition coefficient (Wildman–Crippen LogP) is 3.40. The van der Waals surface area contributed by atoms with Gasteiger partial charge in [0.2, 0.25) is 0 Å². The van der Waals surface area contributed by atoms with Crippen molar-refractivity contribution in [2.24, 2.45) is 0 Å². The molecule has 12 heteroatoms. The minimum Gasteiger partial charge on any atom is -0.355 e. The quantitative estimate of drug-likeness (QED) is 0.514. The first-order chi connectivity index (χ1) is 13.4. The van der Waals surface area contributed by atoms with Crippen LogP contribution < -0.4 is 4.90 Å². The highest BCUT2D eigenvalue weighted by molar-refractivity contribution is 7.92. The number of alkyl halides is 3. The first-order valence-corrected chi connectivity index (χ1v) is 11.3. The van der Waals surface area contributed by atoms with E-state index in [2.05, 4.69) is 0 Å². The summed E-state index contributed by atoms with van der Waals surface area (Å²) in [5, 5.41) is 11.6. The van der Waals surface area contributed by atoms with Crippen molar-refractivity contribution in [1.82, 2.24) is 4.90 Å². The Bertz CT molecular complexity index is 1010. The van der Waals surface area contributed by atoms with Gasteiger partial charge in [-0.1, -0.05) is 29.5 Å². The molecule has 0 spiro atoms. The van der Waals surface area contributed by atoms with Gasteiger partial charge in [-0.25, -0.2) is 8.42 Å². The van der Waals surface area contributed by atoms with Crippen LogP contribution >= 0.6 is 11.3 Å². The monoisotopic (exact) mass is 449 g/mol. The average molecular weight is 449 g/mol. The van der Waals surface area contributed by atoms with Gasteiger partial charge in [0, 0.05) is 45.0 Å². The van der Waals surface area contributed by atoms with Crippen molar-refractivity contribution in [2.75, 3.05) is 37.3 Å². The summed E-state index contributed by atoms with van der Waals surface area (Å²) >= 11 is 0.864. The van der Waals surface area contributed by atoms with Crippen LogP contribution in [0.1, 0.15) is 11.1 Å². The van der Waals surface area contributed by atoms with E-state index in [1.54, 1.807) is 11.0 Å². The summed E-state index contributed by atoms with van der Waals surface area (Å²) in [5.41, 5.74) is -0.410. The van der Waals surface area contributed by atoms with E-state index in [1.165, 1.54) is 6.07 Å². The number of piperazine rings is 1. The van der Waals surface area contributed by atoms with Crippen molar-refractivity contribution in [1.29, 1.82) is 0 Å². The summed E-state index contributed by atoms with van der Waals surface area (Å²) < 4.78 is 62.0. The Morgan fingerprint density at radius 2 is 1.83 bits per heavy atom. The zero-order valence-electron chi connectivity index (χ0n) is 15.3. The van der Waals surface area contributed by atoms with Crippen LogP contribution in [0, 0.1) is 10.1 Å². The molecule has 0 saturated carbocycles. The molecule has 3 rings (SSSR count). The van der Waals surface area contributed by atoms with Crippen molar-refractivity contribution in [2.45, 2.75) is 16.9 Å². The fraction of sp³-hybridized carbons (Fsp3) is 0.412. The van der Waals surface area contributed by atoms with Crippen molar-refractivity contribution in [3.05, 3.63) is 51.6 Å². The van der Waals surface area contributed by atoms with Gasteiger partial charge >= 0.3 is 11.9 Å². The lowest BCUT2D eigenvalue weighted by molar-refractivity contribution is -0.383. The molecule has 2 heterocycles. The maximum absolute atomic E-state index is 12.9. The topological polar surface area (TPSA) is 83.8 Å². The van der Waals surface area contributed by atoms with Crippen molar-refractivity contribution in [3.8, 4) is 0 Å². The molecule has 0 bridgehead atoms. The predicted molar refractivity (Wildman–Crippen MR) is 103 cm³/mol. The molecule has 1 fully saturated rings. The highest BCUT2D eigenvalue weighted by atomic mass is 32.2. The van der Waals surface area contributed by atoms with E-state index in [0.717, 1.165) is 35.8 Å². The fourth-order valence-electron chi connectivity index (χ4n) is 3.10. The summed E-state index contributed by atoms with van der Waals surface area (Å²) in [6.45, 7) is 2.12. The van der Waals surface area contributed by atoms with Gasteiger partial charge in [-0.3, -0.25) is 15.0 Å². The zero-order chi connectivity index (χ0) is 21.4. The molecule has 29 heavy (non-hydrogen) atoms. The second-order valence-corrected chi connectivity index (χ2v) is 10.0. The molecule has 0 N–H and O–H groups in total. The first kappa shape index (κ1) is 21.5. The average Bonchev–Trinajstić information content (AvgIpc) is 3.08. The number of benzene rings is 1. The smallest absolute Gasteiger partial charge is 0.355 e. The van der Waals surface area contributed by atoms with Gasteiger partial charge in [0.1, 0.15) is 4.21 Å². The second kappa shape index (κ2) is 7.92. The Balaban J connectivity index is 1.70. The summed E-state index contributed by atoms with van der Waals surface area (Å²) in [4.78, 5) is 14.4. The summed E-state index contributed by atoms with van der Waals surface area (Å²) in [6.07, 6.45) is -3.40. The maximum atomic E-state index is 12.9. The molecule has 7 nitrogen and oxygen atoms in total. The third-order valence-electron chi connectivity index (χ3n) is 4.55. The number of halogens is 3. The molecule has 1 aromatic heterocycles. The van der Waals surface area contributed by atoms with Gasteiger partial charge in [-0.05, 0) is 11.6 Å². The lowest BCUT2D eigenvalue weighted by atomic mass is 10.1. The van der Waals surface area contributed by atoms with E-state index < -0.39 is 26.5 Å². The lowest BCUT2D eigenvalue weighted by Crippen LogP contribution is -2.45. The van der Waals surface area contributed by atoms with Crippen molar-refractivity contribution < 1.29 is 26.5 Å². The van der Waals surface area contributed by atoms with Gasteiger partial charge in [0.25, 0.3) is 0 Å². The summed E-state index contributed by atoms with van der Waals surface area (Å²) in [5.74, 6) is 0. The Labute approximate surface area is 169 Å². The lowest BCUT2D eigenvalue weighted by Gasteiger charge is -2.35. The molecular formula is C17H18F3N3O4S2. The molecule has 0 amide bonds. The van der Waals surface area contributed by atoms with Gasteiger partial charge in [-0.15, -0.1) is 0 Å². The molecule has 0 atom stereocenters. The minimum atomic E-state index is -4.40. The van der Waals surface area contributed by atoms with E-state index >= 15 is 0 Å². The van der Waals surface area contributed by atoms with E-state index in [4.69, 9.17) is 0 Å². The zero-order valence-corrected chi connectivity index (χ0v) is 17.0. The highest BCUT2D eigenvalue weighted by Gasteiger charge is 2.31. The largest absolute Gasteiger partial charge is 0.416 e. The molecule has 158 valence electrons. The number of hydrogen-bond acceptors (Lipinski definition) is 7. The standard InChI is InChI=1S/C17H18F3N3O4S2/c1-29(26,27)15-10-14(23(24)25)16(28-15)22-7-5-21(6-8-22)11-12-3-2-4-13(9-12)17(18,19)20/h2-4,9-10H,5-8,11H2,1H3. The third-order valence-corrected chi connectivity index (χ3v) is 7.54. The second-order valence-electron chi connectivity index (χ2n) is 6.75. The Morgan fingerprint density at radius 1 is 1.17 bits per heavy atom. The number of sulfone groups is 1. The van der Waals surface area contributed by atoms with Crippen LogP contribution in [0.5, 0.6) is 0 Å². The van der Waals surface area contributed by atoms with Gasteiger partial charge in [0.15, 0.2) is 14.8 Å². The van der Waals surface area contributed by atoms with Crippen LogP contribution in [0.4, 0.5) is 23.9 Å². The van der Waals surface area contributed by atoms with Gasteiger partial charge in [-0.2, -0.15) is 13.2 Å². The van der Waals surface area contributed by atoms with Crippen LogP contribution in [0.15, 0.2) is 34.5 Å². The number of thiophene rings is 1. The molecule has 1 aromatic carbocycles. The van der Waals surface area contributed by atoms with Gasteiger partial charge in [0.05, 0.1) is 10.5 Å². The number of hydrogen-bond donors (Lipinski definition) is 0. The van der Waals surface area contributed by atoms with E-state index in [-0.39, 0.29) is 14.9 Å². The van der Waals surface area contributed by atoms with Crippen molar-refractivity contribution in [3.63, 3.8) is 0 Å². The number of anilines is 1. The molecule has 0 radical (unpaired) electrons. The molecular weight excluding hydrogens is 431 g/mol. The highest BCUT2D eigenvalue weighted by Crippen LogP contribution is 2.40. The SMILES string of the molecule is CS(=O)(=O)c1cc([N+](=O)[O-])c(N2CCN(Cc3cccc(C(F)(F)F)c3)CC2)s1. The Morgan fingerprint density at radius 3 is 2.38 bits per heavy atom. The minimum absolute atomic E-state index is 0.0643. The number of nitrogens with zero attached hydrogens (tertiary/aromatic N) is 3. The molecule has 1 saturated heterocycles. The van der Waals surface area contributed by atoms with E-state index in [9.17, 15) is 31.7 Å². The van der Waals surface area contributed by atoms with Gasteiger partial charge < -0.3 is 4.90 Å². The molecule has 2 aromatic rings. The van der Waals surface area contributed by atoms with Crippen LogP contribution in [0.2, 0.25) is 0 Å². The third kappa shape index (κ3) is 5.06. The number of nitro groups is 1. The van der Waals surface area contributed by atoms with Crippen molar-refractivity contribution >= 4 is 31.9 Å². The van der Waals surface area contributed by atoms with Crippen LogP contribution in [-0.2, 0) is 22.6 Å². The van der Waals surface area contributed by atoms with E-state index in [0.29, 0.717) is 38.3 Å². The molecule has 0 aliphatic carbocycles.